The predicted molar refractivity (Wildman–Crippen MR) is 123 cm³/mol. The Morgan fingerprint density at radius 2 is 1.74 bits per heavy atom. The molecule has 0 saturated carbocycles. The van der Waals surface area contributed by atoms with Gasteiger partial charge < -0.3 is 14.2 Å². The number of nitrogens with zero attached hydrogens (tertiary/aromatic N) is 3. The van der Waals surface area contributed by atoms with Crippen LogP contribution in [0.2, 0.25) is 0 Å². The molecule has 1 atom stereocenters. The van der Waals surface area contributed by atoms with E-state index in [9.17, 15) is 4.79 Å². The maximum atomic E-state index is 13.0. The van der Waals surface area contributed by atoms with Crippen LogP contribution in [0.1, 0.15) is 29.3 Å². The number of fused-ring (bicyclic) bond motifs is 1. The maximum absolute atomic E-state index is 13.0. The van der Waals surface area contributed by atoms with E-state index in [1.54, 1.807) is 7.11 Å². The third-order valence-corrected chi connectivity index (χ3v) is 6.14. The van der Waals surface area contributed by atoms with Crippen LogP contribution < -0.4 is 9.64 Å². The molecule has 1 aliphatic rings. The zero-order valence-electron chi connectivity index (χ0n) is 17.8. The summed E-state index contributed by atoms with van der Waals surface area (Å²) in [5, 5.41) is 0. The highest BCUT2D eigenvalue weighted by Gasteiger charge is 2.36. The van der Waals surface area contributed by atoms with Gasteiger partial charge in [-0.15, -0.1) is 0 Å². The minimum absolute atomic E-state index is 0.0221. The quantitative estimate of drug-likeness (QED) is 0.468. The molecule has 1 unspecified atom stereocenters. The first-order chi connectivity index (χ1) is 15.2. The van der Waals surface area contributed by atoms with Gasteiger partial charge >= 0.3 is 0 Å². The Kier molecular flexibility index (Phi) is 4.94. The SMILES string of the molecule is COc1ccccc1N1CC(c2nc3ccccc3n2Cc2ccccc2C)CC1=O. The molecule has 0 N–H and O–H groups in total. The van der Waals surface area contributed by atoms with Crippen LogP contribution in [0.4, 0.5) is 5.69 Å². The number of rotatable bonds is 5. The van der Waals surface area contributed by atoms with Gasteiger partial charge in [-0.2, -0.15) is 0 Å². The Balaban J connectivity index is 1.55. The molecule has 1 aromatic heterocycles. The van der Waals surface area contributed by atoms with Gasteiger partial charge in [0, 0.05) is 25.4 Å². The molecule has 5 nitrogen and oxygen atoms in total. The number of hydrogen-bond acceptors (Lipinski definition) is 3. The minimum Gasteiger partial charge on any atom is -0.495 e. The van der Waals surface area contributed by atoms with Gasteiger partial charge in [-0.3, -0.25) is 4.79 Å². The van der Waals surface area contributed by atoms with E-state index in [-0.39, 0.29) is 11.8 Å². The van der Waals surface area contributed by atoms with Gasteiger partial charge in [0.15, 0.2) is 0 Å². The normalized spacial score (nSPS) is 16.3. The number of carbonyl (C=O) groups is 1. The van der Waals surface area contributed by atoms with E-state index in [0.717, 1.165) is 29.1 Å². The summed E-state index contributed by atoms with van der Waals surface area (Å²) in [5.41, 5.74) is 5.40. The summed E-state index contributed by atoms with van der Waals surface area (Å²) in [6, 6.07) is 24.3. The molecule has 1 aliphatic heterocycles. The Morgan fingerprint density at radius 1 is 1.00 bits per heavy atom. The first-order valence-corrected chi connectivity index (χ1v) is 10.6. The van der Waals surface area contributed by atoms with Crippen LogP contribution in [0.25, 0.3) is 11.0 Å². The number of anilines is 1. The second-order valence-electron chi connectivity index (χ2n) is 8.05. The number of amides is 1. The van der Waals surface area contributed by atoms with Crippen LogP contribution >= 0.6 is 0 Å². The monoisotopic (exact) mass is 411 g/mol. The zero-order valence-corrected chi connectivity index (χ0v) is 17.8. The highest BCUT2D eigenvalue weighted by atomic mass is 16.5. The van der Waals surface area contributed by atoms with Crippen LogP contribution in [0.5, 0.6) is 5.75 Å². The van der Waals surface area contributed by atoms with Gasteiger partial charge in [0.2, 0.25) is 5.91 Å². The highest BCUT2D eigenvalue weighted by molar-refractivity contribution is 5.97. The minimum atomic E-state index is 0.0221. The molecule has 1 saturated heterocycles. The van der Waals surface area contributed by atoms with Crippen molar-refractivity contribution in [1.29, 1.82) is 0 Å². The van der Waals surface area contributed by atoms with Crippen molar-refractivity contribution in [3.63, 3.8) is 0 Å². The Bertz CT molecular complexity index is 1260. The lowest BCUT2D eigenvalue weighted by Crippen LogP contribution is -2.25. The molecule has 5 heteroatoms. The van der Waals surface area contributed by atoms with E-state index >= 15 is 0 Å². The topological polar surface area (TPSA) is 47.4 Å². The molecule has 4 aromatic rings. The van der Waals surface area contributed by atoms with Gasteiger partial charge in [0.1, 0.15) is 11.6 Å². The summed E-state index contributed by atoms with van der Waals surface area (Å²) < 4.78 is 7.78. The first kappa shape index (κ1) is 19.4. The molecular formula is C26H25N3O2. The molecule has 5 rings (SSSR count). The Morgan fingerprint density at radius 3 is 2.58 bits per heavy atom. The molecule has 3 aromatic carbocycles. The van der Waals surface area contributed by atoms with E-state index < -0.39 is 0 Å². The highest BCUT2D eigenvalue weighted by Crippen LogP contribution is 2.37. The lowest BCUT2D eigenvalue weighted by atomic mass is 10.1. The fourth-order valence-electron chi connectivity index (χ4n) is 4.50. The van der Waals surface area contributed by atoms with Crippen molar-refractivity contribution < 1.29 is 9.53 Å². The van der Waals surface area contributed by atoms with Crippen LogP contribution in [0, 0.1) is 6.92 Å². The van der Waals surface area contributed by atoms with Crippen LogP contribution in [-0.2, 0) is 11.3 Å². The number of hydrogen-bond donors (Lipinski definition) is 0. The fraction of sp³-hybridized carbons (Fsp3) is 0.231. The standard InChI is InChI=1S/C26H25N3O2/c1-18-9-3-4-10-19(18)16-29-22-12-6-5-11-21(22)27-26(29)20-15-25(30)28(17-20)23-13-7-8-14-24(23)31-2/h3-14,20H,15-17H2,1-2H3. The zero-order chi connectivity index (χ0) is 21.4. The number of benzene rings is 3. The van der Waals surface area contributed by atoms with E-state index in [1.807, 2.05) is 47.4 Å². The number of aromatic nitrogens is 2. The van der Waals surface area contributed by atoms with Crippen molar-refractivity contribution in [2.24, 2.45) is 0 Å². The summed E-state index contributed by atoms with van der Waals surface area (Å²) in [6.45, 7) is 3.47. The lowest BCUT2D eigenvalue weighted by Gasteiger charge is -2.20. The smallest absolute Gasteiger partial charge is 0.227 e. The molecule has 0 radical (unpaired) electrons. The van der Waals surface area contributed by atoms with E-state index in [1.165, 1.54) is 11.1 Å². The average Bonchev–Trinajstić information content (AvgIpc) is 3.36. The molecule has 31 heavy (non-hydrogen) atoms. The van der Waals surface area contributed by atoms with E-state index in [4.69, 9.17) is 9.72 Å². The van der Waals surface area contributed by atoms with Gasteiger partial charge in [0.25, 0.3) is 0 Å². The summed E-state index contributed by atoms with van der Waals surface area (Å²) in [4.78, 5) is 19.8. The van der Waals surface area contributed by atoms with Crippen molar-refractivity contribution in [3.8, 4) is 5.75 Å². The van der Waals surface area contributed by atoms with E-state index in [0.29, 0.717) is 18.7 Å². The summed E-state index contributed by atoms with van der Waals surface area (Å²) in [6.07, 6.45) is 0.440. The van der Waals surface area contributed by atoms with Crippen molar-refractivity contribution in [3.05, 3.63) is 89.7 Å². The predicted octanol–water partition coefficient (Wildman–Crippen LogP) is 4.92. The van der Waals surface area contributed by atoms with Crippen LogP contribution in [0.15, 0.2) is 72.8 Å². The van der Waals surface area contributed by atoms with Crippen molar-refractivity contribution in [2.75, 3.05) is 18.6 Å². The number of carbonyl (C=O) groups excluding carboxylic acids is 1. The largest absolute Gasteiger partial charge is 0.495 e. The lowest BCUT2D eigenvalue weighted by molar-refractivity contribution is -0.117. The molecule has 1 amide bonds. The number of imidazole rings is 1. The number of para-hydroxylation sites is 4. The number of methoxy groups -OCH3 is 1. The Hall–Kier alpha value is -3.60. The summed E-state index contributed by atoms with van der Waals surface area (Å²) in [7, 11) is 1.64. The molecule has 0 bridgehead atoms. The molecular weight excluding hydrogens is 386 g/mol. The maximum Gasteiger partial charge on any atom is 0.227 e. The third kappa shape index (κ3) is 3.46. The van der Waals surface area contributed by atoms with E-state index in [2.05, 4.69) is 41.8 Å². The summed E-state index contributed by atoms with van der Waals surface area (Å²) >= 11 is 0. The van der Waals surface area contributed by atoms with Gasteiger partial charge in [-0.05, 0) is 42.3 Å². The number of ether oxygens (including phenoxy) is 1. The second kappa shape index (κ2) is 7.91. The molecule has 156 valence electrons. The molecule has 0 aliphatic carbocycles. The van der Waals surface area contributed by atoms with Gasteiger partial charge in [-0.25, -0.2) is 4.98 Å². The van der Waals surface area contributed by atoms with Crippen molar-refractivity contribution >= 4 is 22.6 Å². The van der Waals surface area contributed by atoms with Crippen LogP contribution in [0.3, 0.4) is 0 Å². The average molecular weight is 412 g/mol. The van der Waals surface area contributed by atoms with Gasteiger partial charge in [-0.1, -0.05) is 48.5 Å². The van der Waals surface area contributed by atoms with Crippen molar-refractivity contribution in [2.45, 2.75) is 25.8 Å². The second-order valence-corrected chi connectivity index (χ2v) is 8.05. The number of aryl methyl sites for hydroxylation is 1. The van der Waals surface area contributed by atoms with Crippen LogP contribution in [-0.4, -0.2) is 29.1 Å². The molecule has 1 fully saturated rings. The summed E-state index contributed by atoms with van der Waals surface area (Å²) in [5.74, 6) is 1.80. The van der Waals surface area contributed by atoms with Gasteiger partial charge in [0.05, 0.1) is 23.8 Å². The first-order valence-electron chi connectivity index (χ1n) is 10.6. The van der Waals surface area contributed by atoms with Crippen molar-refractivity contribution in [1.82, 2.24) is 9.55 Å². The Labute approximate surface area is 181 Å². The fourth-order valence-corrected chi connectivity index (χ4v) is 4.50. The molecule has 2 heterocycles. The molecule has 0 spiro atoms. The third-order valence-electron chi connectivity index (χ3n) is 6.14.